The third-order valence-corrected chi connectivity index (χ3v) is 4.31. The van der Waals surface area contributed by atoms with E-state index in [0.29, 0.717) is 29.6 Å². The normalized spacial score (nSPS) is 10.8. The highest BCUT2D eigenvalue weighted by atomic mass is 16.5. The molecule has 29 heavy (non-hydrogen) atoms. The summed E-state index contributed by atoms with van der Waals surface area (Å²) in [6.07, 6.45) is 4.04. The number of pyridine rings is 1. The molecule has 0 saturated carbocycles. The SMILES string of the molecule is COc1nc2ccccc2nc1CCC(=O)NCc1nc(-c2ccncc2)n[nH]1. The van der Waals surface area contributed by atoms with Crippen LogP contribution in [0.25, 0.3) is 22.4 Å². The molecule has 3 aromatic heterocycles. The lowest BCUT2D eigenvalue weighted by Gasteiger charge is -2.08. The van der Waals surface area contributed by atoms with Gasteiger partial charge < -0.3 is 10.1 Å². The Kier molecular flexibility index (Phi) is 5.37. The van der Waals surface area contributed by atoms with Gasteiger partial charge in [-0.1, -0.05) is 12.1 Å². The highest BCUT2D eigenvalue weighted by Gasteiger charge is 2.12. The number of amides is 1. The summed E-state index contributed by atoms with van der Waals surface area (Å²) < 4.78 is 5.33. The third kappa shape index (κ3) is 4.34. The Morgan fingerprint density at radius 1 is 1.07 bits per heavy atom. The Morgan fingerprint density at radius 3 is 2.59 bits per heavy atom. The van der Waals surface area contributed by atoms with Gasteiger partial charge in [0, 0.05) is 30.8 Å². The van der Waals surface area contributed by atoms with Gasteiger partial charge in [0.05, 0.1) is 24.7 Å². The number of hydrogen-bond acceptors (Lipinski definition) is 7. The number of para-hydroxylation sites is 2. The fourth-order valence-electron chi connectivity index (χ4n) is 2.85. The number of aromatic nitrogens is 6. The lowest BCUT2D eigenvalue weighted by Crippen LogP contribution is -2.23. The maximum absolute atomic E-state index is 12.3. The van der Waals surface area contributed by atoms with Gasteiger partial charge in [-0.05, 0) is 24.3 Å². The lowest BCUT2D eigenvalue weighted by atomic mass is 10.2. The topological polar surface area (TPSA) is 119 Å². The zero-order valence-corrected chi connectivity index (χ0v) is 15.8. The quantitative estimate of drug-likeness (QED) is 0.497. The molecule has 9 nitrogen and oxygen atoms in total. The molecule has 3 heterocycles. The summed E-state index contributed by atoms with van der Waals surface area (Å²) in [5, 5.41) is 9.83. The van der Waals surface area contributed by atoms with Crippen molar-refractivity contribution in [2.75, 3.05) is 7.11 Å². The number of aromatic amines is 1. The average molecular weight is 389 g/mol. The highest BCUT2D eigenvalue weighted by Crippen LogP contribution is 2.19. The van der Waals surface area contributed by atoms with Gasteiger partial charge in [-0.25, -0.2) is 15.0 Å². The van der Waals surface area contributed by atoms with Crippen molar-refractivity contribution in [3.63, 3.8) is 0 Å². The van der Waals surface area contributed by atoms with Gasteiger partial charge in [-0.2, -0.15) is 5.10 Å². The van der Waals surface area contributed by atoms with Crippen LogP contribution in [0.2, 0.25) is 0 Å². The molecule has 1 amide bonds. The number of fused-ring (bicyclic) bond motifs is 1. The number of nitrogens with zero attached hydrogens (tertiary/aromatic N) is 5. The Hall–Kier alpha value is -3.88. The molecule has 0 radical (unpaired) electrons. The first-order valence-corrected chi connectivity index (χ1v) is 9.11. The van der Waals surface area contributed by atoms with Crippen LogP contribution in [0, 0.1) is 0 Å². The number of methoxy groups -OCH3 is 1. The van der Waals surface area contributed by atoms with Crippen molar-refractivity contribution in [2.24, 2.45) is 0 Å². The molecule has 2 N–H and O–H groups in total. The van der Waals surface area contributed by atoms with Crippen LogP contribution in [0.1, 0.15) is 17.9 Å². The fraction of sp³-hybridized carbons (Fsp3) is 0.200. The first-order chi connectivity index (χ1) is 14.2. The third-order valence-electron chi connectivity index (χ3n) is 4.31. The van der Waals surface area contributed by atoms with Crippen molar-refractivity contribution in [2.45, 2.75) is 19.4 Å². The van der Waals surface area contributed by atoms with Gasteiger partial charge >= 0.3 is 0 Å². The van der Waals surface area contributed by atoms with Gasteiger partial charge in [-0.3, -0.25) is 14.9 Å². The van der Waals surface area contributed by atoms with Crippen molar-refractivity contribution in [3.8, 4) is 17.3 Å². The average Bonchev–Trinajstić information content (AvgIpc) is 3.25. The molecular weight excluding hydrogens is 370 g/mol. The molecule has 4 aromatic rings. The zero-order chi connectivity index (χ0) is 20.1. The molecule has 0 aliphatic carbocycles. The molecule has 0 fully saturated rings. The number of carbonyl (C=O) groups is 1. The van der Waals surface area contributed by atoms with E-state index < -0.39 is 0 Å². The molecule has 0 bridgehead atoms. The van der Waals surface area contributed by atoms with Crippen LogP contribution in [0.3, 0.4) is 0 Å². The summed E-state index contributed by atoms with van der Waals surface area (Å²) >= 11 is 0. The standard InChI is InChI=1S/C20H19N7O2/c1-29-20-16(23-14-4-2-3-5-15(14)24-20)6-7-18(28)22-12-17-25-19(27-26-17)13-8-10-21-11-9-13/h2-5,8-11H,6-7,12H2,1H3,(H,22,28)(H,25,26,27). The number of carbonyl (C=O) groups excluding carboxylic acids is 1. The predicted octanol–water partition coefficient (Wildman–Crippen LogP) is 2.07. The second-order valence-electron chi connectivity index (χ2n) is 6.29. The molecule has 0 spiro atoms. The van der Waals surface area contributed by atoms with Crippen LogP contribution in [-0.4, -0.2) is 43.2 Å². The Balaban J connectivity index is 1.35. The maximum atomic E-state index is 12.3. The van der Waals surface area contributed by atoms with E-state index in [0.717, 1.165) is 16.6 Å². The number of hydrogen-bond donors (Lipinski definition) is 2. The molecule has 0 saturated heterocycles. The van der Waals surface area contributed by atoms with E-state index in [-0.39, 0.29) is 18.9 Å². The molecule has 0 unspecified atom stereocenters. The van der Waals surface area contributed by atoms with Gasteiger partial charge in [0.15, 0.2) is 5.82 Å². The van der Waals surface area contributed by atoms with Gasteiger partial charge in [-0.15, -0.1) is 0 Å². The molecule has 1 aromatic carbocycles. The largest absolute Gasteiger partial charge is 0.480 e. The van der Waals surface area contributed by atoms with Crippen molar-refractivity contribution in [1.82, 2.24) is 35.5 Å². The van der Waals surface area contributed by atoms with Crippen molar-refractivity contribution >= 4 is 16.9 Å². The number of ether oxygens (including phenoxy) is 1. The predicted molar refractivity (Wildman–Crippen MR) is 106 cm³/mol. The first-order valence-electron chi connectivity index (χ1n) is 9.11. The highest BCUT2D eigenvalue weighted by molar-refractivity contribution is 5.77. The zero-order valence-electron chi connectivity index (χ0n) is 15.8. The van der Waals surface area contributed by atoms with Crippen LogP contribution in [0.5, 0.6) is 5.88 Å². The first kappa shape index (κ1) is 18.5. The van der Waals surface area contributed by atoms with E-state index in [4.69, 9.17) is 4.74 Å². The van der Waals surface area contributed by atoms with Gasteiger partial charge in [0.1, 0.15) is 11.5 Å². The Morgan fingerprint density at radius 2 is 1.83 bits per heavy atom. The smallest absolute Gasteiger partial charge is 0.235 e. The number of H-pyrrole nitrogens is 1. The molecule has 0 atom stereocenters. The van der Waals surface area contributed by atoms with Crippen LogP contribution in [-0.2, 0) is 17.8 Å². The Labute approximate surface area is 166 Å². The minimum atomic E-state index is -0.121. The fourth-order valence-corrected chi connectivity index (χ4v) is 2.85. The van der Waals surface area contributed by atoms with Crippen LogP contribution in [0.15, 0.2) is 48.8 Å². The van der Waals surface area contributed by atoms with Crippen LogP contribution >= 0.6 is 0 Å². The number of aryl methyl sites for hydroxylation is 1. The number of benzene rings is 1. The van der Waals surface area contributed by atoms with E-state index in [9.17, 15) is 4.79 Å². The Bertz CT molecular complexity index is 1130. The molecule has 146 valence electrons. The minimum absolute atomic E-state index is 0.121. The molecule has 0 aliphatic heterocycles. The number of rotatable bonds is 7. The van der Waals surface area contributed by atoms with Gasteiger partial charge in [0.25, 0.3) is 0 Å². The summed E-state index contributed by atoms with van der Waals surface area (Å²) in [5.74, 6) is 1.46. The van der Waals surface area contributed by atoms with Crippen molar-refractivity contribution in [1.29, 1.82) is 0 Å². The van der Waals surface area contributed by atoms with E-state index in [1.807, 2.05) is 36.4 Å². The van der Waals surface area contributed by atoms with E-state index in [1.165, 1.54) is 0 Å². The number of nitrogens with one attached hydrogen (secondary N) is 2. The monoisotopic (exact) mass is 389 g/mol. The minimum Gasteiger partial charge on any atom is -0.480 e. The maximum Gasteiger partial charge on any atom is 0.235 e. The van der Waals surface area contributed by atoms with Crippen molar-refractivity contribution in [3.05, 3.63) is 60.3 Å². The molecule has 0 aliphatic rings. The van der Waals surface area contributed by atoms with Crippen LogP contribution in [0.4, 0.5) is 0 Å². The lowest BCUT2D eigenvalue weighted by molar-refractivity contribution is -0.121. The van der Waals surface area contributed by atoms with Crippen molar-refractivity contribution < 1.29 is 9.53 Å². The second-order valence-corrected chi connectivity index (χ2v) is 6.29. The molecule has 4 rings (SSSR count). The summed E-state index contributed by atoms with van der Waals surface area (Å²) in [7, 11) is 1.55. The summed E-state index contributed by atoms with van der Waals surface area (Å²) in [6.45, 7) is 0.261. The van der Waals surface area contributed by atoms with Crippen LogP contribution < -0.4 is 10.1 Å². The van der Waals surface area contributed by atoms with E-state index in [1.54, 1.807) is 19.5 Å². The second kappa shape index (κ2) is 8.42. The summed E-state index contributed by atoms with van der Waals surface area (Å²) in [5.41, 5.74) is 3.04. The summed E-state index contributed by atoms with van der Waals surface area (Å²) in [6, 6.07) is 11.2. The van der Waals surface area contributed by atoms with Gasteiger partial charge in [0.2, 0.25) is 11.8 Å². The molecular formula is C20H19N7O2. The summed E-state index contributed by atoms with van der Waals surface area (Å²) in [4.78, 5) is 29.6. The van der Waals surface area contributed by atoms with E-state index >= 15 is 0 Å². The van der Waals surface area contributed by atoms with E-state index in [2.05, 4.69) is 35.5 Å². The molecule has 9 heteroatoms.